The van der Waals surface area contributed by atoms with Crippen LogP contribution >= 0.6 is 0 Å². The molecule has 0 spiro atoms. The molecule has 0 bridgehead atoms. The predicted octanol–water partition coefficient (Wildman–Crippen LogP) is -1.24. The van der Waals surface area contributed by atoms with E-state index in [1.54, 1.807) is 6.20 Å². The second kappa shape index (κ2) is 4.07. The van der Waals surface area contributed by atoms with Gasteiger partial charge < -0.3 is 5.32 Å². The van der Waals surface area contributed by atoms with Crippen LogP contribution in [-0.2, 0) is 0 Å². The molecule has 0 unspecified atom stereocenters. The number of nitrogens with zero attached hydrogens (tertiary/aromatic N) is 2. The zero-order valence-electron chi connectivity index (χ0n) is 8.03. The molecule has 4 nitrogen and oxygen atoms in total. The van der Waals surface area contributed by atoms with Crippen LogP contribution in [-0.4, -0.2) is 26.2 Å². The molecule has 0 atom stereocenters. The lowest BCUT2D eigenvalue weighted by molar-refractivity contribution is -0.656. The van der Waals surface area contributed by atoms with Gasteiger partial charge >= 0.3 is 0 Å². The Morgan fingerprint density at radius 1 is 1.36 bits per heavy atom. The topological polar surface area (TPSA) is 57.8 Å². The second-order valence-electron chi connectivity index (χ2n) is 3.43. The summed E-state index contributed by atoms with van der Waals surface area (Å²) in [7, 11) is 0. The van der Waals surface area contributed by atoms with E-state index >= 15 is 0 Å². The molecule has 1 fully saturated rings. The van der Waals surface area contributed by atoms with E-state index in [9.17, 15) is 0 Å². The van der Waals surface area contributed by atoms with Crippen molar-refractivity contribution in [2.75, 3.05) is 31.1 Å². The Bertz CT molecular complexity index is 332. The smallest absolute Gasteiger partial charge is 0.274 e. The highest BCUT2D eigenvalue weighted by Gasteiger charge is 2.19. The molecule has 0 saturated carbocycles. The molecule has 0 radical (unpaired) electrons. The minimum atomic E-state index is 0.678. The molecule has 0 amide bonds. The lowest BCUT2D eigenvalue weighted by atomic mass is 10.3. The van der Waals surface area contributed by atoms with Crippen LogP contribution in [0.1, 0.15) is 5.56 Å². The number of H-pyrrole nitrogens is 1. The summed E-state index contributed by atoms with van der Waals surface area (Å²) in [6, 6.07) is 5.93. The van der Waals surface area contributed by atoms with Crippen molar-refractivity contribution in [1.29, 1.82) is 5.26 Å². The van der Waals surface area contributed by atoms with E-state index in [2.05, 4.69) is 21.3 Å². The van der Waals surface area contributed by atoms with Crippen molar-refractivity contribution >= 4 is 5.82 Å². The van der Waals surface area contributed by atoms with Crippen molar-refractivity contribution in [2.45, 2.75) is 0 Å². The molecule has 14 heavy (non-hydrogen) atoms. The Labute approximate surface area is 83.2 Å². The largest absolute Gasteiger partial charge is 0.340 e. The van der Waals surface area contributed by atoms with Crippen LogP contribution in [0.4, 0.5) is 5.82 Å². The summed E-state index contributed by atoms with van der Waals surface area (Å²) in [5.41, 5.74) is 0.678. The molecule has 72 valence electrons. The number of pyridine rings is 1. The number of piperazine rings is 1. The molecule has 1 aliphatic rings. The van der Waals surface area contributed by atoms with E-state index in [1.807, 2.05) is 12.1 Å². The van der Waals surface area contributed by atoms with Gasteiger partial charge in [-0.25, -0.2) is 4.98 Å². The highest BCUT2D eigenvalue weighted by atomic mass is 15.2. The highest BCUT2D eigenvalue weighted by molar-refractivity contribution is 5.36. The number of hydrogen-bond acceptors (Lipinski definition) is 2. The van der Waals surface area contributed by atoms with Crippen molar-refractivity contribution in [1.82, 2.24) is 0 Å². The molecule has 1 aromatic rings. The zero-order chi connectivity index (χ0) is 9.80. The maximum Gasteiger partial charge on any atom is 0.274 e. The SMILES string of the molecule is N#Cc1ccc(N2CC[NH2+]CC2)[nH+]c1. The Kier molecular flexibility index (Phi) is 2.61. The highest BCUT2D eigenvalue weighted by Crippen LogP contribution is 2.06. The maximum atomic E-state index is 8.65. The molecule has 1 aliphatic heterocycles. The summed E-state index contributed by atoms with van der Waals surface area (Å²) < 4.78 is 0. The van der Waals surface area contributed by atoms with E-state index in [4.69, 9.17) is 5.26 Å². The summed E-state index contributed by atoms with van der Waals surface area (Å²) >= 11 is 0. The first-order chi connectivity index (χ1) is 6.90. The van der Waals surface area contributed by atoms with Gasteiger partial charge in [0.15, 0.2) is 0 Å². The van der Waals surface area contributed by atoms with E-state index in [0.717, 1.165) is 32.0 Å². The quantitative estimate of drug-likeness (QED) is 0.602. The summed E-state index contributed by atoms with van der Waals surface area (Å²) in [5.74, 6) is 1.11. The number of aromatic nitrogens is 1. The molecule has 0 aromatic carbocycles. The van der Waals surface area contributed by atoms with Crippen LogP contribution in [0.15, 0.2) is 18.3 Å². The van der Waals surface area contributed by atoms with Crippen molar-refractivity contribution in [2.24, 2.45) is 0 Å². The number of quaternary nitrogens is 1. The second-order valence-corrected chi connectivity index (χ2v) is 3.43. The molecular weight excluding hydrogens is 176 g/mol. The van der Waals surface area contributed by atoms with Crippen molar-refractivity contribution in [3.05, 3.63) is 23.9 Å². The third kappa shape index (κ3) is 1.83. The molecule has 2 rings (SSSR count). The molecule has 3 N–H and O–H groups in total. The number of aromatic amines is 1. The van der Waals surface area contributed by atoms with E-state index in [1.165, 1.54) is 0 Å². The van der Waals surface area contributed by atoms with Crippen LogP contribution < -0.4 is 15.2 Å². The van der Waals surface area contributed by atoms with E-state index in [-0.39, 0.29) is 0 Å². The minimum absolute atomic E-state index is 0.678. The third-order valence-electron chi connectivity index (χ3n) is 2.47. The van der Waals surface area contributed by atoms with Crippen LogP contribution in [0.2, 0.25) is 0 Å². The average Bonchev–Trinajstić information content (AvgIpc) is 2.30. The van der Waals surface area contributed by atoms with Crippen molar-refractivity contribution in [3.63, 3.8) is 0 Å². The van der Waals surface area contributed by atoms with Gasteiger partial charge in [0.05, 0.1) is 5.56 Å². The summed E-state index contributed by atoms with van der Waals surface area (Å²) in [6.45, 7) is 4.44. The molecule has 1 saturated heterocycles. The fourth-order valence-corrected chi connectivity index (χ4v) is 1.67. The maximum absolute atomic E-state index is 8.65. The lowest BCUT2D eigenvalue weighted by Crippen LogP contribution is -2.90. The Hall–Kier alpha value is -1.60. The van der Waals surface area contributed by atoms with Crippen molar-refractivity contribution < 1.29 is 10.3 Å². The normalized spacial score (nSPS) is 16.4. The van der Waals surface area contributed by atoms with Crippen LogP contribution in [0.25, 0.3) is 0 Å². The monoisotopic (exact) mass is 190 g/mol. The molecule has 2 heterocycles. The standard InChI is InChI=1S/C10H12N4/c11-7-9-1-2-10(13-8-9)14-5-3-12-4-6-14/h1-2,8,12H,3-6H2/p+2. The molecular formula is C10H14N4+2. The van der Waals surface area contributed by atoms with Gasteiger partial charge in [0.25, 0.3) is 5.82 Å². The fraction of sp³-hybridized carbons (Fsp3) is 0.400. The van der Waals surface area contributed by atoms with Gasteiger partial charge in [0.1, 0.15) is 38.4 Å². The number of nitrogens with two attached hydrogens (primary N) is 1. The van der Waals surface area contributed by atoms with Crippen LogP contribution in [0.3, 0.4) is 0 Å². The Morgan fingerprint density at radius 3 is 2.71 bits per heavy atom. The summed E-state index contributed by atoms with van der Waals surface area (Å²) in [4.78, 5) is 5.45. The first-order valence-electron chi connectivity index (χ1n) is 4.88. The third-order valence-corrected chi connectivity index (χ3v) is 2.47. The predicted molar refractivity (Wildman–Crippen MR) is 51.6 cm³/mol. The van der Waals surface area contributed by atoms with Crippen molar-refractivity contribution in [3.8, 4) is 6.07 Å². The molecule has 4 heteroatoms. The van der Waals surface area contributed by atoms with Gasteiger partial charge in [-0.2, -0.15) is 5.26 Å². The van der Waals surface area contributed by atoms with Gasteiger partial charge in [-0.1, -0.05) is 0 Å². The molecule has 1 aromatic heterocycles. The lowest BCUT2D eigenvalue weighted by Gasteiger charge is -2.19. The zero-order valence-corrected chi connectivity index (χ0v) is 8.03. The first-order valence-corrected chi connectivity index (χ1v) is 4.88. The minimum Gasteiger partial charge on any atom is -0.340 e. The number of anilines is 1. The van der Waals surface area contributed by atoms with Gasteiger partial charge in [0.2, 0.25) is 0 Å². The Morgan fingerprint density at radius 2 is 2.14 bits per heavy atom. The van der Waals surface area contributed by atoms with Gasteiger partial charge in [-0.3, -0.25) is 4.90 Å². The van der Waals surface area contributed by atoms with Crippen LogP contribution in [0, 0.1) is 11.3 Å². The number of hydrogen-bond donors (Lipinski definition) is 1. The first kappa shape index (κ1) is 8.97. The van der Waals surface area contributed by atoms with Crippen LogP contribution in [0.5, 0.6) is 0 Å². The number of nitriles is 1. The van der Waals surface area contributed by atoms with Gasteiger partial charge in [-0.05, 0) is 6.07 Å². The Balaban J connectivity index is 2.12. The summed E-state index contributed by atoms with van der Waals surface area (Å²) in [6.07, 6.45) is 1.76. The average molecular weight is 190 g/mol. The van der Waals surface area contributed by atoms with Gasteiger partial charge in [-0.15, -0.1) is 0 Å². The van der Waals surface area contributed by atoms with E-state index in [0.29, 0.717) is 5.56 Å². The fourth-order valence-electron chi connectivity index (χ4n) is 1.67. The molecule has 0 aliphatic carbocycles. The van der Waals surface area contributed by atoms with Gasteiger partial charge in [0, 0.05) is 6.07 Å². The summed E-state index contributed by atoms with van der Waals surface area (Å²) in [5, 5.41) is 11.0. The number of rotatable bonds is 1. The van der Waals surface area contributed by atoms with E-state index < -0.39 is 0 Å². The number of nitrogens with one attached hydrogen (secondary N) is 1.